The fourth-order valence-electron chi connectivity index (χ4n) is 1.59. The van der Waals surface area contributed by atoms with E-state index in [1.54, 1.807) is 26.2 Å². The first kappa shape index (κ1) is 21.3. The van der Waals surface area contributed by atoms with Gasteiger partial charge in [0.25, 0.3) is 0 Å². The molecule has 0 bridgehead atoms. The van der Waals surface area contributed by atoms with Crippen molar-refractivity contribution in [3.63, 3.8) is 0 Å². The Bertz CT molecular complexity index is 581. The van der Waals surface area contributed by atoms with Gasteiger partial charge in [-0.2, -0.15) is 4.31 Å². The second-order valence-electron chi connectivity index (χ2n) is 4.63. The highest BCUT2D eigenvalue weighted by Gasteiger charge is 2.23. The second kappa shape index (κ2) is 9.46. The van der Waals surface area contributed by atoms with Crippen LogP contribution in [0.4, 0.5) is 0 Å². The largest absolute Gasteiger partial charge is 0.343 e. The van der Waals surface area contributed by atoms with Crippen LogP contribution in [-0.2, 0) is 14.8 Å². The summed E-state index contributed by atoms with van der Waals surface area (Å²) in [6.45, 7) is 1.01. The summed E-state index contributed by atoms with van der Waals surface area (Å²) in [5, 5.41) is 2.94. The number of carbonyl (C=O) groups excluding carboxylic acids is 1. The number of sulfonamides is 1. The van der Waals surface area contributed by atoms with Gasteiger partial charge in [0.15, 0.2) is 0 Å². The van der Waals surface area contributed by atoms with E-state index in [-0.39, 0.29) is 29.8 Å². The molecule has 0 unspecified atom stereocenters. The Labute approximate surface area is 146 Å². The molecule has 0 aliphatic rings. The molecule has 1 aromatic carbocycles. The van der Waals surface area contributed by atoms with Crippen molar-refractivity contribution >= 4 is 44.3 Å². The zero-order valence-electron chi connectivity index (χ0n) is 12.7. The molecule has 0 spiro atoms. The number of hydrogen-bond acceptors (Lipinski definition) is 4. The van der Waals surface area contributed by atoms with Crippen LogP contribution in [0.15, 0.2) is 33.6 Å². The van der Waals surface area contributed by atoms with Gasteiger partial charge in [-0.15, -0.1) is 12.4 Å². The van der Waals surface area contributed by atoms with Crippen LogP contribution < -0.4 is 5.32 Å². The Hall–Kier alpha value is -0.670. The van der Waals surface area contributed by atoms with E-state index in [0.29, 0.717) is 13.1 Å². The molecule has 9 heteroatoms. The monoisotopic (exact) mass is 413 g/mol. The molecule has 6 nitrogen and oxygen atoms in total. The maximum Gasteiger partial charge on any atom is 0.243 e. The third kappa shape index (κ3) is 5.85. The minimum atomic E-state index is -3.66. The molecule has 0 saturated carbocycles. The van der Waals surface area contributed by atoms with Crippen LogP contribution in [0, 0.1) is 0 Å². The van der Waals surface area contributed by atoms with E-state index in [0.717, 1.165) is 8.78 Å². The predicted octanol–water partition coefficient (Wildman–Crippen LogP) is 1.17. The average Bonchev–Trinajstić information content (AvgIpc) is 2.44. The maximum atomic E-state index is 12.3. The van der Waals surface area contributed by atoms with Gasteiger partial charge in [-0.05, 0) is 31.3 Å². The summed E-state index contributed by atoms with van der Waals surface area (Å²) in [4.78, 5) is 13.6. The lowest BCUT2D eigenvalue weighted by molar-refractivity contribution is -0.129. The van der Waals surface area contributed by atoms with Gasteiger partial charge in [-0.1, -0.05) is 15.9 Å². The van der Waals surface area contributed by atoms with E-state index < -0.39 is 10.0 Å². The SMILES string of the molecule is CNCCN(C)C(=O)CN(C)S(=O)(=O)c1ccc(Br)cc1.Cl. The molecule has 1 amide bonds. The molecule has 0 fully saturated rings. The normalized spacial score (nSPS) is 11.1. The van der Waals surface area contributed by atoms with Crippen LogP contribution >= 0.6 is 28.3 Å². The van der Waals surface area contributed by atoms with Gasteiger partial charge in [0.05, 0.1) is 11.4 Å². The summed E-state index contributed by atoms with van der Waals surface area (Å²) in [6.07, 6.45) is 0. The van der Waals surface area contributed by atoms with Crippen molar-refractivity contribution in [3.05, 3.63) is 28.7 Å². The summed E-state index contributed by atoms with van der Waals surface area (Å²) in [7, 11) is 1.20. The van der Waals surface area contributed by atoms with Crippen LogP contribution in [0.5, 0.6) is 0 Å². The zero-order valence-corrected chi connectivity index (χ0v) is 16.0. The minimum Gasteiger partial charge on any atom is -0.343 e. The Morgan fingerprint density at radius 3 is 2.27 bits per heavy atom. The minimum absolute atomic E-state index is 0. The smallest absolute Gasteiger partial charge is 0.243 e. The predicted molar refractivity (Wildman–Crippen MR) is 92.8 cm³/mol. The summed E-state index contributed by atoms with van der Waals surface area (Å²) < 4.78 is 26.5. The lowest BCUT2D eigenvalue weighted by Crippen LogP contribution is -2.41. The highest BCUT2D eigenvalue weighted by Crippen LogP contribution is 2.17. The number of benzene rings is 1. The van der Waals surface area contributed by atoms with Gasteiger partial charge < -0.3 is 10.2 Å². The first-order chi connectivity index (χ1) is 9.78. The maximum absolute atomic E-state index is 12.3. The van der Waals surface area contributed by atoms with E-state index in [1.165, 1.54) is 24.1 Å². The molecule has 0 saturated heterocycles. The van der Waals surface area contributed by atoms with Crippen molar-refractivity contribution < 1.29 is 13.2 Å². The highest BCUT2D eigenvalue weighted by atomic mass is 79.9. The summed E-state index contributed by atoms with van der Waals surface area (Å²) in [6, 6.07) is 6.32. The molecule has 0 aliphatic heterocycles. The molecule has 1 aromatic rings. The summed E-state index contributed by atoms with van der Waals surface area (Å²) >= 11 is 3.26. The first-order valence-electron chi connectivity index (χ1n) is 6.39. The van der Waals surface area contributed by atoms with E-state index in [2.05, 4.69) is 21.2 Å². The lowest BCUT2D eigenvalue weighted by atomic mass is 10.4. The number of nitrogens with one attached hydrogen (secondary N) is 1. The third-order valence-electron chi connectivity index (χ3n) is 3.00. The summed E-state index contributed by atoms with van der Waals surface area (Å²) in [5.74, 6) is -0.242. The van der Waals surface area contributed by atoms with E-state index in [1.807, 2.05) is 0 Å². The number of hydrogen-bond donors (Lipinski definition) is 1. The quantitative estimate of drug-likeness (QED) is 0.727. The van der Waals surface area contributed by atoms with Crippen molar-refractivity contribution in [2.45, 2.75) is 4.90 Å². The van der Waals surface area contributed by atoms with Gasteiger partial charge in [0.2, 0.25) is 15.9 Å². The van der Waals surface area contributed by atoms with Crippen molar-refractivity contribution in [2.75, 3.05) is 40.8 Å². The number of rotatable bonds is 7. The molecule has 0 aliphatic carbocycles. The lowest BCUT2D eigenvalue weighted by Gasteiger charge is -2.21. The first-order valence-corrected chi connectivity index (χ1v) is 8.63. The fraction of sp³-hybridized carbons (Fsp3) is 0.462. The standard InChI is InChI=1S/C13H20BrN3O3S.ClH/c1-15-8-9-16(2)13(18)10-17(3)21(19,20)12-6-4-11(14)5-7-12;/h4-7,15H,8-10H2,1-3H3;1H. The van der Waals surface area contributed by atoms with Crippen molar-refractivity contribution in [1.82, 2.24) is 14.5 Å². The number of carbonyl (C=O) groups is 1. The Morgan fingerprint density at radius 2 is 1.77 bits per heavy atom. The van der Waals surface area contributed by atoms with Crippen LogP contribution in [0.3, 0.4) is 0 Å². The van der Waals surface area contributed by atoms with Crippen LogP contribution in [0.1, 0.15) is 0 Å². The van der Waals surface area contributed by atoms with Gasteiger partial charge in [-0.3, -0.25) is 4.79 Å². The number of nitrogens with zero attached hydrogens (tertiary/aromatic N) is 2. The van der Waals surface area contributed by atoms with E-state index in [9.17, 15) is 13.2 Å². The average molecular weight is 415 g/mol. The van der Waals surface area contributed by atoms with Gasteiger partial charge in [-0.25, -0.2) is 8.42 Å². The number of amides is 1. The second-order valence-corrected chi connectivity index (χ2v) is 7.59. The zero-order chi connectivity index (χ0) is 16.0. The summed E-state index contributed by atoms with van der Waals surface area (Å²) in [5.41, 5.74) is 0. The molecule has 0 atom stereocenters. The van der Waals surface area contributed by atoms with Crippen molar-refractivity contribution in [1.29, 1.82) is 0 Å². The molecule has 0 radical (unpaired) electrons. The molecule has 22 heavy (non-hydrogen) atoms. The molecular weight excluding hydrogens is 394 g/mol. The molecule has 126 valence electrons. The van der Waals surface area contributed by atoms with Crippen LogP contribution in [0.2, 0.25) is 0 Å². The van der Waals surface area contributed by atoms with Crippen molar-refractivity contribution in [2.24, 2.45) is 0 Å². The van der Waals surface area contributed by atoms with Gasteiger partial charge >= 0.3 is 0 Å². The Morgan fingerprint density at radius 1 is 1.23 bits per heavy atom. The molecule has 0 aromatic heterocycles. The van der Waals surface area contributed by atoms with Crippen LogP contribution in [0.25, 0.3) is 0 Å². The number of likely N-dealkylation sites (N-methyl/N-ethyl adjacent to an activating group) is 3. The van der Waals surface area contributed by atoms with Crippen LogP contribution in [-0.4, -0.2) is 64.3 Å². The number of halogens is 2. The van der Waals surface area contributed by atoms with Gasteiger partial charge in [0.1, 0.15) is 0 Å². The topological polar surface area (TPSA) is 69.7 Å². The Kier molecular flexibility index (Phi) is 9.18. The highest BCUT2D eigenvalue weighted by molar-refractivity contribution is 9.10. The Balaban J connectivity index is 0.00000441. The van der Waals surface area contributed by atoms with E-state index in [4.69, 9.17) is 0 Å². The van der Waals surface area contributed by atoms with Crippen molar-refractivity contribution in [3.8, 4) is 0 Å². The van der Waals surface area contributed by atoms with Gasteiger partial charge in [0, 0.05) is 31.7 Å². The fourth-order valence-corrected chi connectivity index (χ4v) is 2.97. The van der Waals surface area contributed by atoms with E-state index >= 15 is 0 Å². The molecule has 0 heterocycles. The third-order valence-corrected chi connectivity index (χ3v) is 5.35. The molecular formula is C13H21BrClN3O3S. The molecule has 1 rings (SSSR count). The molecule has 1 N–H and O–H groups in total.